The molecule has 0 atom stereocenters. The number of benzene rings is 4. The minimum Gasteiger partial charge on any atom is -0.462 e. The fraction of sp³-hybridized carbons (Fsp3) is 0.154. The third-order valence-corrected chi connectivity index (χ3v) is 5.10. The molecule has 0 aliphatic heterocycles. The molecule has 4 heteroatoms. The predicted molar refractivity (Wildman–Crippen MR) is 119 cm³/mol. The van der Waals surface area contributed by atoms with Gasteiger partial charge in [0.1, 0.15) is 0 Å². The molecule has 0 aromatic heterocycles. The minimum absolute atomic E-state index is 0.269. The Morgan fingerprint density at radius 1 is 0.600 bits per heavy atom. The normalized spacial score (nSPS) is 10.9. The molecule has 0 saturated heterocycles. The smallest absolute Gasteiger partial charge is 0.338 e. The fourth-order valence-electron chi connectivity index (χ4n) is 3.84. The first kappa shape index (κ1) is 19.6. The number of rotatable bonds is 5. The van der Waals surface area contributed by atoms with E-state index in [9.17, 15) is 9.59 Å². The Kier molecular flexibility index (Phi) is 5.48. The molecule has 0 aliphatic carbocycles. The molecule has 0 spiro atoms. The lowest BCUT2D eigenvalue weighted by atomic mass is 9.87. The van der Waals surface area contributed by atoms with E-state index < -0.39 is 11.9 Å². The van der Waals surface area contributed by atoms with Crippen LogP contribution in [0.4, 0.5) is 0 Å². The number of esters is 2. The number of carbonyl (C=O) groups excluding carboxylic acids is 2. The van der Waals surface area contributed by atoms with Gasteiger partial charge >= 0.3 is 11.9 Å². The summed E-state index contributed by atoms with van der Waals surface area (Å²) in [5.74, 6) is -0.831. The zero-order chi connectivity index (χ0) is 21.1. The maximum Gasteiger partial charge on any atom is 0.338 e. The van der Waals surface area contributed by atoms with E-state index in [0.717, 1.165) is 21.5 Å². The van der Waals surface area contributed by atoms with Crippen LogP contribution in [0.15, 0.2) is 72.8 Å². The molecule has 0 saturated carbocycles. The number of hydrogen-bond acceptors (Lipinski definition) is 4. The van der Waals surface area contributed by atoms with Gasteiger partial charge in [0, 0.05) is 11.1 Å². The van der Waals surface area contributed by atoms with Crippen molar-refractivity contribution in [2.75, 3.05) is 13.2 Å². The maximum atomic E-state index is 12.9. The third-order valence-electron chi connectivity index (χ3n) is 5.10. The lowest BCUT2D eigenvalue weighted by Gasteiger charge is -2.18. The molecule has 0 bridgehead atoms. The van der Waals surface area contributed by atoms with Crippen LogP contribution in [0.3, 0.4) is 0 Å². The minimum atomic E-state index is -0.416. The van der Waals surface area contributed by atoms with Crippen molar-refractivity contribution in [3.63, 3.8) is 0 Å². The zero-order valence-electron chi connectivity index (χ0n) is 17.0. The first-order valence-electron chi connectivity index (χ1n) is 10.0. The molecule has 30 heavy (non-hydrogen) atoms. The van der Waals surface area contributed by atoms with Crippen molar-refractivity contribution < 1.29 is 19.1 Å². The van der Waals surface area contributed by atoms with Gasteiger partial charge in [0.2, 0.25) is 0 Å². The largest absolute Gasteiger partial charge is 0.462 e. The molecule has 0 fully saturated rings. The van der Waals surface area contributed by atoms with Crippen LogP contribution in [0.1, 0.15) is 34.6 Å². The van der Waals surface area contributed by atoms with E-state index in [1.54, 1.807) is 26.0 Å². The Morgan fingerprint density at radius 3 is 1.40 bits per heavy atom. The highest BCUT2D eigenvalue weighted by atomic mass is 16.5. The molecule has 4 aromatic carbocycles. The number of carbonyl (C=O) groups is 2. The van der Waals surface area contributed by atoms with Gasteiger partial charge in [-0.15, -0.1) is 0 Å². The standard InChI is InChI=1S/C26H22O4/c1-3-29-25(27)21-15-13-17-9-5-7-11-19(17)23(21)24-20-12-8-6-10-18(20)14-16-22(24)26(28)30-4-2/h5-16H,3-4H2,1-2H3. The summed E-state index contributed by atoms with van der Waals surface area (Å²) in [5, 5.41) is 3.71. The van der Waals surface area contributed by atoms with Crippen molar-refractivity contribution >= 4 is 33.5 Å². The van der Waals surface area contributed by atoms with Crippen LogP contribution in [0.5, 0.6) is 0 Å². The molecule has 150 valence electrons. The Bertz CT molecular complexity index is 1160. The topological polar surface area (TPSA) is 52.6 Å². The van der Waals surface area contributed by atoms with Gasteiger partial charge in [0.05, 0.1) is 24.3 Å². The number of ether oxygens (including phenoxy) is 2. The average Bonchev–Trinajstić information content (AvgIpc) is 2.78. The number of fused-ring (bicyclic) bond motifs is 2. The van der Waals surface area contributed by atoms with Gasteiger partial charge in [0.15, 0.2) is 0 Å². The van der Waals surface area contributed by atoms with Gasteiger partial charge in [-0.25, -0.2) is 9.59 Å². The second-order valence-electron chi connectivity index (χ2n) is 6.86. The molecule has 0 heterocycles. The van der Waals surface area contributed by atoms with Crippen LogP contribution in [0.2, 0.25) is 0 Å². The van der Waals surface area contributed by atoms with Gasteiger partial charge in [-0.2, -0.15) is 0 Å². The van der Waals surface area contributed by atoms with Crippen LogP contribution >= 0.6 is 0 Å². The first-order chi connectivity index (χ1) is 14.7. The van der Waals surface area contributed by atoms with E-state index in [-0.39, 0.29) is 13.2 Å². The monoisotopic (exact) mass is 398 g/mol. The second-order valence-corrected chi connectivity index (χ2v) is 6.86. The highest BCUT2D eigenvalue weighted by Gasteiger charge is 2.24. The molecule has 0 aliphatic rings. The summed E-state index contributed by atoms with van der Waals surface area (Å²) in [6, 6.07) is 23.0. The predicted octanol–water partition coefficient (Wildman–Crippen LogP) is 6.01. The highest BCUT2D eigenvalue weighted by Crippen LogP contribution is 2.39. The highest BCUT2D eigenvalue weighted by molar-refractivity contribution is 6.17. The Morgan fingerprint density at radius 2 is 1.00 bits per heavy atom. The van der Waals surface area contributed by atoms with Crippen molar-refractivity contribution in [3.8, 4) is 11.1 Å². The van der Waals surface area contributed by atoms with E-state index in [0.29, 0.717) is 22.3 Å². The molecule has 0 radical (unpaired) electrons. The lowest BCUT2D eigenvalue weighted by Crippen LogP contribution is -2.11. The molecule has 0 amide bonds. The van der Waals surface area contributed by atoms with Crippen LogP contribution in [-0.2, 0) is 9.47 Å². The molecule has 0 unspecified atom stereocenters. The van der Waals surface area contributed by atoms with Crippen LogP contribution in [0.25, 0.3) is 32.7 Å². The molecule has 4 nitrogen and oxygen atoms in total. The summed E-state index contributed by atoms with van der Waals surface area (Å²) in [5.41, 5.74) is 2.23. The SMILES string of the molecule is CCOC(=O)c1ccc2ccccc2c1-c1c(C(=O)OCC)ccc2ccccc12. The van der Waals surface area contributed by atoms with E-state index in [2.05, 4.69) is 0 Å². The lowest BCUT2D eigenvalue weighted by molar-refractivity contribution is 0.0515. The third kappa shape index (κ3) is 3.41. The fourth-order valence-corrected chi connectivity index (χ4v) is 3.84. The average molecular weight is 398 g/mol. The van der Waals surface area contributed by atoms with Gasteiger partial charge in [-0.05, 0) is 47.5 Å². The summed E-state index contributed by atoms with van der Waals surface area (Å²) >= 11 is 0. The Balaban J connectivity index is 2.16. The van der Waals surface area contributed by atoms with E-state index in [1.807, 2.05) is 60.7 Å². The van der Waals surface area contributed by atoms with Crippen molar-refractivity contribution in [2.45, 2.75) is 13.8 Å². The number of hydrogen-bond donors (Lipinski definition) is 0. The van der Waals surface area contributed by atoms with Crippen molar-refractivity contribution in [3.05, 3.63) is 83.9 Å². The summed E-state index contributed by atoms with van der Waals surface area (Å²) in [4.78, 5) is 25.8. The van der Waals surface area contributed by atoms with E-state index >= 15 is 0 Å². The van der Waals surface area contributed by atoms with E-state index in [4.69, 9.17) is 9.47 Å². The Hall–Kier alpha value is -3.66. The van der Waals surface area contributed by atoms with Crippen molar-refractivity contribution in [2.24, 2.45) is 0 Å². The molecular weight excluding hydrogens is 376 g/mol. The summed E-state index contributed by atoms with van der Waals surface area (Å²) < 4.78 is 10.7. The molecule has 0 N–H and O–H groups in total. The summed E-state index contributed by atoms with van der Waals surface area (Å²) in [6.45, 7) is 4.10. The van der Waals surface area contributed by atoms with Crippen LogP contribution in [0, 0.1) is 0 Å². The van der Waals surface area contributed by atoms with Crippen molar-refractivity contribution in [1.29, 1.82) is 0 Å². The Labute approximate surface area is 175 Å². The van der Waals surface area contributed by atoms with E-state index in [1.165, 1.54) is 0 Å². The zero-order valence-corrected chi connectivity index (χ0v) is 17.0. The second kappa shape index (κ2) is 8.37. The van der Waals surface area contributed by atoms with Crippen molar-refractivity contribution in [1.82, 2.24) is 0 Å². The first-order valence-corrected chi connectivity index (χ1v) is 10.0. The van der Waals surface area contributed by atoms with Gasteiger partial charge in [-0.3, -0.25) is 0 Å². The molecular formula is C26H22O4. The van der Waals surface area contributed by atoms with Crippen LogP contribution in [-0.4, -0.2) is 25.2 Å². The van der Waals surface area contributed by atoms with Crippen LogP contribution < -0.4 is 0 Å². The van der Waals surface area contributed by atoms with Gasteiger partial charge < -0.3 is 9.47 Å². The van der Waals surface area contributed by atoms with Gasteiger partial charge in [0.25, 0.3) is 0 Å². The van der Waals surface area contributed by atoms with Gasteiger partial charge in [-0.1, -0.05) is 60.7 Å². The summed E-state index contributed by atoms with van der Waals surface area (Å²) in [7, 11) is 0. The molecule has 4 rings (SSSR count). The molecule has 4 aromatic rings. The maximum absolute atomic E-state index is 12.9. The quantitative estimate of drug-likeness (QED) is 0.386. The summed E-state index contributed by atoms with van der Waals surface area (Å²) in [6.07, 6.45) is 0.